The molecule has 1 fully saturated rings. The Labute approximate surface area is 146 Å². The molecule has 0 aliphatic carbocycles. The second-order valence-corrected chi connectivity index (χ2v) is 6.63. The summed E-state index contributed by atoms with van der Waals surface area (Å²) in [6.07, 6.45) is 2.07. The first-order valence-corrected chi connectivity index (χ1v) is 8.61. The highest BCUT2D eigenvalue weighted by Crippen LogP contribution is 2.15. The number of imide groups is 1. The lowest BCUT2D eigenvalue weighted by atomic mass is 10.1. The van der Waals surface area contributed by atoms with E-state index in [4.69, 9.17) is 0 Å². The number of hydrogen-bond acceptors (Lipinski definition) is 5. The van der Waals surface area contributed by atoms with Crippen molar-refractivity contribution in [3.8, 4) is 0 Å². The van der Waals surface area contributed by atoms with Crippen molar-refractivity contribution in [1.82, 2.24) is 19.6 Å². The molecule has 1 N–H and O–H groups in total. The van der Waals surface area contributed by atoms with Crippen LogP contribution in [-0.4, -0.2) is 32.3 Å². The Morgan fingerprint density at radius 3 is 2.76 bits per heavy atom. The molecule has 25 heavy (non-hydrogen) atoms. The molecule has 1 atom stereocenters. The summed E-state index contributed by atoms with van der Waals surface area (Å²) >= 11 is 1.33. The number of rotatable bonds is 4. The van der Waals surface area contributed by atoms with E-state index in [9.17, 15) is 14.4 Å². The van der Waals surface area contributed by atoms with Gasteiger partial charge in [0.25, 0.3) is 11.5 Å². The van der Waals surface area contributed by atoms with E-state index in [1.807, 2.05) is 30.3 Å². The summed E-state index contributed by atoms with van der Waals surface area (Å²) in [4.78, 5) is 42.8. The van der Waals surface area contributed by atoms with Crippen molar-refractivity contribution in [3.63, 3.8) is 0 Å². The second-order valence-electron chi connectivity index (χ2n) is 5.76. The lowest BCUT2D eigenvalue weighted by Crippen LogP contribution is -2.32. The van der Waals surface area contributed by atoms with E-state index in [-0.39, 0.29) is 18.0 Å². The minimum absolute atomic E-state index is 0.0143. The molecule has 126 valence electrons. The molecule has 3 heterocycles. The molecule has 1 aliphatic heterocycles. The number of nitrogens with one attached hydrogen (secondary N) is 1. The number of fused-ring (bicyclic) bond motifs is 1. The third kappa shape index (κ3) is 2.91. The zero-order valence-electron chi connectivity index (χ0n) is 13.1. The van der Waals surface area contributed by atoms with E-state index < -0.39 is 12.1 Å². The van der Waals surface area contributed by atoms with Gasteiger partial charge in [0.15, 0.2) is 4.96 Å². The zero-order chi connectivity index (χ0) is 17.4. The number of nitrogens with zero attached hydrogens (tertiary/aromatic N) is 3. The summed E-state index contributed by atoms with van der Waals surface area (Å²) in [5.74, 6) is -0.304. The Morgan fingerprint density at radius 1 is 1.16 bits per heavy atom. The minimum atomic E-state index is -0.596. The number of hydrogen-bond donors (Lipinski definition) is 1. The summed E-state index contributed by atoms with van der Waals surface area (Å²) in [5, 5.41) is 4.46. The molecule has 0 radical (unpaired) electrons. The molecule has 3 aromatic rings. The van der Waals surface area contributed by atoms with E-state index >= 15 is 0 Å². The van der Waals surface area contributed by atoms with Gasteiger partial charge >= 0.3 is 6.03 Å². The van der Waals surface area contributed by atoms with Gasteiger partial charge in [-0.3, -0.25) is 18.9 Å². The van der Waals surface area contributed by atoms with E-state index in [2.05, 4.69) is 10.3 Å². The summed E-state index contributed by atoms with van der Waals surface area (Å²) < 4.78 is 1.43. The average molecular weight is 354 g/mol. The molecular weight excluding hydrogens is 340 g/mol. The van der Waals surface area contributed by atoms with Gasteiger partial charge in [-0.25, -0.2) is 9.78 Å². The van der Waals surface area contributed by atoms with Gasteiger partial charge < -0.3 is 5.32 Å². The Bertz CT molecular complexity index is 1010. The standard InChI is InChI=1S/C17H14N4O3S/c22-14-9-12(18-17-20(14)6-7-25-17)10-21-15(23)13(19-16(21)24)8-11-4-2-1-3-5-11/h1-7,9,13H,8,10H2,(H,19,24)/t13-/m0/s1. The van der Waals surface area contributed by atoms with Gasteiger partial charge in [-0.05, 0) is 5.56 Å². The number of urea groups is 1. The van der Waals surface area contributed by atoms with E-state index in [1.54, 1.807) is 11.6 Å². The number of benzene rings is 1. The monoisotopic (exact) mass is 354 g/mol. The van der Waals surface area contributed by atoms with E-state index in [0.29, 0.717) is 17.1 Å². The summed E-state index contributed by atoms with van der Waals surface area (Å²) in [7, 11) is 0. The number of aromatic nitrogens is 2. The molecule has 2 aromatic heterocycles. The zero-order valence-corrected chi connectivity index (χ0v) is 13.9. The predicted molar refractivity (Wildman–Crippen MR) is 92.4 cm³/mol. The normalized spacial score (nSPS) is 17.3. The van der Waals surface area contributed by atoms with Crippen LogP contribution in [-0.2, 0) is 17.8 Å². The largest absolute Gasteiger partial charge is 0.325 e. The van der Waals surface area contributed by atoms with Gasteiger partial charge in [0.1, 0.15) is 6.04 Å². The molecule has 0 spiro atoms. The Balaban J connectivity index is 1.54. The van der Waals surface area contributed by atoms with Gasteiger partial charge in [0, 0.05) is 24.1 Å². The molecule has 0 bridgehead atoms. The minimum Gasteiger partial charge on any atom is -0.325 e. The fourth-order valence-corrected chi connectivity index (χ4v) is 3.58. The highest BCUT2D eigenvalue weighted by atomic mass is 32.1. The van der Waals surface area contributed by atoms with Crippen molar-refractivity contribution in [2.24, 2.45) is 0 Å². The fraction of sp³-hybridized carbons (Fsp3) is 0.176. The Morgan fingerprint density at radius 2 is 1.96 bits per heavy atom. The first kappa shape index (κ1) is 15.5. The van der Waals surface area contributed by atoms with Crippen LogP contribution in [0.3, 0.4) is 0 Å². The molecule has 0 saturated carbocycles. The van der Waals surface area contributed by atoms with Crippen molar-refractivity contribution in [2.75, 3.05) is 0 Å². The maximum Gasteiger partial charge on any atom is 0.325 e. The van der Waals surface area contributed by atoms with Crippen molar-refractivity contribution < 1.29 is 9.59 Å². The van der Waals surface area contributed by atoms with Crippen LogP contribution >= 0.6 is 11.3 Å². The topological polar surface area (TPSA) is 83.8 Å². The van der Waals surface area contributed by atoms with Gasteiger partial charge in [-0.1, -0.05) is 30.3 Å². The maximum absolute atomic E-state index is 12.6. The third-order valence-electron chi connectivity index (χ3n) is 4.07. The Hall–Kier alpha value is -3.00. The van der Waals surface area contributed by atoms with Crippen molar-refractivity contribution >= 4 is 28.2 Å². The van der Waals surface area contributed by atoms with Crippen LogP contribution in [0.2, 0.25) is 0 Å². The average Bonchev–Trinajstić information content (AvgIpc) is 3.17. The molecule has 1 aromatic carbocycles. The van der Waals surface area contributed by atoms with Crippen LogP contribution in [0.5, 0.6) is 0 Å². The van der Waals surface area contributed by atoms with Crippen LogP contribution in [0.4, 0.5) is 4.79 Å². The van der Waals surface area contributed by atoms with Gasteiger partial charge in [0.05, 0.1) is 12.2 Å². The lowest BCUT2D eigenvalue weighted by Gasteiger charge is -2.12. The highest BCUT2D eigenvalue weighted by molar-refractivity contribution is 7.15. The van der Waals surface area contributed by atoms with Gasteiger partial charge in [-0.15, -0.1) is 11.3 Å². The van der Waals surface area contributed by atoms with Crippen molar-refractivity contribution in [3.05, 3.63) is 69.6 Å². The number of carbonyl (C=O) groups is 2. The smallest absolute Gasteiger partial charge is 0.325 e. The molecular formula is C17H14N4O3S. The Kier molecular flexibility index (Phi) is 3.81. The highest BCUT2D eigenvalue weighted by Gasteiger charge is 2.38. The van der Waals surface area contributed by atoms with Gasteiger partial charge in [-0.2, -0.15) is 0 Å². The summed E-state index contributed by atoms with van der Waals surface area (Å²) in [5.41, 5.74) is 1.14. The molecule has 7 nitrogen and oxygen atoms in total. The molecule has 1 aliphatic rings. The summed E-state index contributed by atoms with van der Waals surface area (Å²) in [6, 6.07) is 9.80. The molecule has 1 saturated heterocycles. The molecule has 8 heteroatoms. The van der Waals surface area contributed by atoms with Gasteiger partial charge in [0.2, 0.25) is 0 Å². The molecule has 4 rings (SSSR count). The number of amides is 3. The number of carbonyl (C=O) groups excluding carboxylic acids is 2. The third-order valence-corrected chi connectivity index (χ3v) is 4.82. The SMILES string of the molecule is O=C1N[C@@H](Cc2ccccc2)C(=O)N1Cc1cc(=O)n2ccsc2n1. The first-order chi connectivity index (χ1) is 12.1. The fourth-order valence-electron chi connectivity index (χ4n) is 2.85. The van der Waals surface area contributed by atoms with E-state index in [1.165, 1.54) is 21.8 Å². The van der Waals surface area contributed by atoms with Crippen LogP contribution in [0.25, 0.3) is 4.96 Å². The summed E-state index contributed by atoms with van der Waals surface area (Å²) in [6.45, 7) is -0.0143. The molecule has 0 unspecified atom stereocenters. The second kappa shape index (κ2) is 6.14. The lowest BCUT2D eigenvalue weighted by molar-refractivity contribution is -0.127. The quantitative estimate of drug-likeness (QED) is 0.718. The van der Waals surface area contributed by atoms with Crippen molar-refractivity contribution in [2.45, 2.75) is 19.0 Å². The predicted octanol–water partition coefficient (Wildman–Crippen LogP) is 1.42. The first-order valence-electron chi connectivity index (χ1n) is 7.73. The van der Waals surface area contributed by atoms with Crippen LogP contribution in [0, 0.1) is 0 Å². The van der Waals surface area contributed by atoms with Crippen LogP contribution < -0.4 is 10.9 Å². The molecule has 3 amide bonds. The maximum atomic E-state index is 12.6. The van der Waals surface area contributed by atoms with Crippen LogP contribution in [0.15, 0.2) is 52.8 Å². The van der Waals surface area contributed by atoms with E-state index in [0.717, 1.165) is 10.5 Å². The van der Waals surface area contributed by atoms with Crippen LogP contribution in [0.1, 0.15) is 11.3 Å². The van der Waals surface area contributed by atoms with Crippen molar-refractivity contribution in [1.29, 1.82) is 0 Å². The number of thiazole rings is 1.